The third kappa shape index (κ3) is 17.7. The van der Waals surface area contributed by atoms with Gasteiger partial charge in [-0.05, 0) is 187 Å². The molecular formula is C71H73Br4N4O8SSi2+. The number of allylic oxidation sites excluding steroid dienone is 5. The van der Waals surface area contributed by atoms with Crippen LogP contribution in [0.4, 0.5) is 17.1 Å². The van der Waals surface area contributed by atoms with E-state index in [4.69, 9.17) is 14.0 Å². The van der Waals surface area contributed by atoms with Crippen LogP contribution in [0.5, 0.6) is 11.5 Å². The van der Waals surface area contributed by atoms with E-state index < -0.39 is 32.2 Å². The second kappa shape index (κ2) is 30.4. The number of hydrogen-bond donors (Lipinski definition) is 1. The molecule has 0 spiro atoms. The normalized spacial score (nSPS) is 12.8. The summed E-state index contributed by atoms with van der Waals surface area (Å²) in [6.45, 7) is 11.6. The Morgan fingerprint density at radius 1 is 0.589 bits per heavy atom. The fourth-order valence-electron chi connectivity index (χ4n) is 9.82. The van der Waals surface area contributed by atoms with Crippen LogP contribution in [-0.2, 0) is 10.1 Å². The van der Waals surface area contributed by atoms with Crippen LogP contribution in [0.25, 0.3) is 5.57 Å². The predicted octanol–water partition coefficient (Wildman–Crippen LogP) is 15.1. The first-order valence-corrected chi connectivity index (χ1v) is 39.1. The van der Waals surface area contributed by atoms with Gasteiger partial charge < -0.3 is 24.2 Å². The highest BCUT2D eigenvalue weighted by molar-refractivity contribution is 9.11. The Morgan fingerprint density at radius 2 is 1.06 bits per heavy atom. The van der Waals surface area contributed by atoms with E-state index in [1.165, 1.54) is 72.4 Å². The van der Waals surface area contributed by atoms with Gasteiger partial charge in [-0.3, -0.25) is 9.35 Å². The van der Waals surface area contributed by atoms with Crippen LogP contribution in [0.3, 0.4) is 0 Å². The van der Waals surface area contributed by atoms with Gasteiger partial charge in [0.2, 0.25) is 0 Å². The van der Waals surface area contributed by atoms with E-state index in [9.17, 15) is 22.8 Å². The highest BCUT2D eigenvalue weighted by Crippen LogP contribution is 2.42. The maximum absolute atomic E-state index is 13.0. The van der Waals surface area contributed by atoms with Gasteiger partial charge in [0.25, 0.3) is 10.1 Å². The minimum atomic E-state index is -4.02. The van der Waals surface area contributed by atoms with E-state index in [1.807, 2.05) is 43.3 Å². The lowest BCUT2D eigenvalue weighted by molar-refractivity contribution is -0.462. The van der Waals surface area contributed by atoms with Gasteiger partial charge >= 0.3 is 11.9 Å². The van der Waals surface area contributed by atoms with E-state index >= 15 is 0 Å². The minimum absolute atomic E-state index is 0.0666. The lowest BCUT2D eigenvalue weighted by Crippen LogP contribution is -2.53. The Morgan fingerprint density at radius 3 is 1.49 bits per heavy atom. The van der Waals surface area contributed by atoms with Crippen LogP contribution < -0.4 is 39.7 Å². The molecule has 8 aromatic carbocycles. The Bertz CT molecular complexity index is 4170. The quantitative estimate of drug-likeness (QED) is 0.0313. The van der Waals surface area contributed by atoms with Gasteiger partial charge in [0.15, 0.2) is 5.71 Å². The highest BCUT2D eigenvalue weighted by atomic mass is 79.9. The molecule has 19 heteroatoms. The summed E-state index contributed by atoms with van der Waals surface area (Å²) in [7, 11) is 9.07. The number of fused-ring (bicyclic) bond motifs is 2. The molecule has 0 fully saturated rings. The zero-order valence-electron chi connectivity index (χ0n) is 52.6. The fourth-order valence-corrected chi connectivity index (χ4v) is 18.0. The number of esters is 2. The second-order valence-corrected chi connectivity index (χ2v) is 37.0. The van der Waals surface area contributed by atoms with Crippen molar-refractivity contribution >= 4 is 152 Å². The molecule has 0 saturated carbocycles. The Kier molecular flexibility index (Phi) is 23.7. The number of benzene rings is 8. The fraction of sp³-hybridized carbons (Fsp3) is 0.183. The SMILES string of the molecule is CN(C)c1ccc2c(c1)[Si](C)(C)C1=CC(=[N+](C)C)C=CC1=C2c1ccc(C(=O)Oc2ccc(Br)cc2Br)cc1.CN(C)c1cccc([Si](C)(C)c2cccc(N(C)C)c2)c1.Cc1ccc(S(=O)(=O)O)cc1.O=Cc1ccc(C(=O)Oc2ccc(Br)cc2Br)cc1. The Balaban J connectivity index is 0.000000190. The van der Waals surface area contributed by atoms with Gasteiger partial charge in [-0.15, -0.1) is 0 Å². The zero-order chi connectivity index (χ0) is 66.0. The molecule has 1 aliphatic carbocycles. The van der Waals surface area contributed by atoms with Gasteiger partial charge in [0.05, 0.1) is 25.0 Å². The van der Waals surface area contributed by atoms with Crippen molar-refractivity contribution in [3.05, 3.63) is 256 Å². The maximum Gasteiger partial charge on any atom is 0.343 e. The number of aryl methyl sites for hydroxylation is 1. The van der Waals surface area contributed by atoms with Crippen LogP contribution in [-0.4, -0.2) is 114 Å². The number of rotatable bonds is 12. The van der Waals surface area contributed by atoms with Crippen LogP contribution in [0, 0.1) is 6.92 Å². The molecule has 0 amide bonds. The van der Waals surface area contributed by atoms with Crippen molar-refractivity contribution < 1.29 is 41.4 Å². The van der Waals surface area contributed by atoms with E-state index in [0.717, 1.165) is 26.4 Å². The molecule has 0 saturated heterocycles. The molecule has 10 rings (SSSR count). The van der Waals surface area contributed by atoms with Crippen molar-refractivity contribution in [3.8, 4) is 11.5 Å². The Hall–Kier alpha value is -7.08. The number of hydrogen-bond acceptors (Lipinski definition) is 10. The van der Waals surface area contributed by atoms with Gasteiger partial charge in [-0.2, -0.15) is 8.42 Å². The molecule has 1 heterocycles. The van der Waals surface area contributed by atoms with Crippen molar-refractivity contribution in [2.75, 3.05) is 71.1 Å². The molecule has 0 radical (unpaired) electrons. The lowest BCUT2D eigenvalue weighted by atomic mass is 9.89. The third-order valence-corrected chi connectivity index (χ3v) is 25.4. The van der Waals surface area contributed by atoms with Crippen molar-refractivity contribution in [1.82, 2.24) is 0 Å². The largest absolute Gasteiger partial charge is 0.422 e. The molecular weight excluding hydrogens is 1440 g/mol. The summed E-state index contributed by atoms with van der Waals surface area (Å²) in [6.07, 6.45) is 7.56. The third-order valence-electron chi connectivity index (χ3n) is 15.3. The standard InChI is InChI=1S/C32H31Br2N2O2Si.C18H26N2Si.C14H8Br2O3.C7H8O3S/c1-35(2)23-12-14-25-29(18-23)39(5,6)30-19-24(36(3)4)13-15-26(30)31(25)20-7-9-21(10-8-20)32(37)38-28-16-11-22(33)17-27(28)34;1-19(2)15-9-7-11-17(13-15)21(5,6)18-12-8-10-16(14-18)20(3)4;15-11-5-6-13(12(16)7-11)19-14(18)10-3-1-9(8-17)2-4-10;1-6-2-4-7(5-3-6)11(8,9)10/h7-19H,1-6H3;7-14H,1-6H3;1-8H;2-5H,1H3,(H,8,9,10)/q+1;;;. The lowest BCUT2D eigenvalue weighted by Gasteiger charge is -2.38. The van der Waals surface area contributed by atoms with Gasteiger partial charge in [0, 0.05) is 86.0 Å². The highest BCUT2D eigenvalue weighted by Gasteiger charge is 2.40. The van der Waals surface area contributed by atoms with Crippen LogP contribution in [0.15, 0.2) is 228 Å². The maximum atomic E-state index is 13.0. The first-order chi connectivity index (χ1) is 42.4. The van der Waals surface area contributed by atoms with Gasteiger partial charge in [0.1, 0.15) is 48.0 Å². The summed E-state index contributed by atoms with van der Waals surface area (Å²) >= 11 is 13.5. The molecule has 0 atom stereocenters. The van der Waals surface area contributed by atoms with E-state index in [0.29, 0.717) is 37.1 Å². The molecule has 1 N–H and O–H groups in total. The predicted molar refractivity (Wildman–Crippen MR) is 389 cm³/mol. The first kappa shape index (κ1) is 70.4. The molecule has 466 valence electrons. The second-order valence-electron chi connectivity index (χ2n) is 23.3. The van der Waals surface area contributed by atoms with Gasteiger partial charge in [-0.1, -0.05) is 141 Å². The molecule has 0 aromatic heterocycles. The monoisotopic (exact) mass is 1510 g/mol. The van der Waals surface area contributed by atoms with E-state index in [-0.39, 0.29) is 10.9 Å². The average molecular weight is 1520 g/mol. The molecule has 8 aromatic rings. The number of anilines is 3. The molecule has 0 bridgehead atoms. The van der Waals surface area contributed by atoms with Crippen molar-refractivity contribution in [2.24, 2.45) is 0 Å². The van der Waals surface area contributed by atoms with Crippen molar-refractivity contribution in [1.29, 1.82) is 0 Å². The topological polar surface area (TPSA) is 137 Å². The van der Waals surface area contributed by atoms with Crippen LogP contribution in [0.1, 0.15) is 47.8 Å². The zero-order valence-corrected chi connectivity index (χ0v) is 61.7. The number of ether oxygens (including phenoxy) is 2. The number of carbonyl (C=O) groups is 3. The molecule has 12 nitrogen and oxygen atoms in total. The first-order valence-electron chi connectivity index (χ1n) is 28.5. The smallest absolute Gasteiger partial charge is 0.343 e. The van der Waals surface area contributed by atoms with E-state index in [1.54, 1.807) is 60.7 Å². The summed E-state index contributed by atoms with van der Waals surface area (Å²) in [4.78, 5) is 41.8. The van der Waals surface area contributed by atoms with Crippen molar-refractivity contribution in [3.63, 3.8) is 0 Å². The molecule has 1 aliphatic heterocycles. The van der Waals surface area contributed by atoms with Crippen LogP contribution in [0.2, 0.25) is 26.2 Å². The van der Waals surface area contributed by atoms with E-state index in [2.05, 4.69) is 251 Å². The average Bonchev–Trinajstić information content (AvgIpc) is 0.863. The number of halogens is 4. The summed E-state index contributed by atoms with van der Waals surface area (Å²) in [5.74, 6) is 0.0595. The summed E-state index contributed by atoms with van der Waals surface area (Å²) in [5.41, 5.74) is 12.2. The summed E-state index contributed by atoms with van der Waals surface area (Å²) in [6, 6.07) is 55.5. The number of nitrogens with zero attached hydrogens (tertiary/aromatic N) is 4. The number of aldehydes is 1. The molecule has 90 heavy (non-hydrogen) atoms. The molecule has 0 unspecified atom stereocenters. The molecule has 2 aliphatic rings. The van der Waals surface area contributed by atoms with Crippen molar-refractivity contribution in [2.45, 2.75) is 38.0 Å². The summed E-state index contributed by atoms with van der Waals surface area (Å²) in [5, 5.41) is 5.81. The summed E-state index contributed by atoms with van der Waals surface area (Å²) < 4.78 is 45.8. The number of carbonyl (C=O) groups excluding carboxylic acids is 3. The van der Waals surface area contributed by atoms with Gasteiger partial charge in [-0.25, -0.2) is 14.2 Å². The minimum Gasteiger partial charge on any atom is -0.422 e. The Labute approximate surface area is 565 Å². The van der Waals surface area contributed by atoms with Crippen LogP contribution >= 0.6 is 63.7 Å².